The zero-order valence-electron chi connectivity index (χ0n) is 11.7. The SMILES string of the molecule is O=C(NCc1cccc(Cl)c1)Nc1ccc(OC(F)(F)F)cc1. The highest BCUT2D eigenvalue weighted by atomic mass is 35.5. The van der Waals surface area contributed by atoms with E-state index >= 15 is 0 Å². The number of alkyl halides is 3. The Bertz CT molecular complexity index is 675. The average molecular weight is 345 g/mol. The van der Waals surface area contributed by atoms with Crippen molar-refractivity contribution in [2.45, 2.75) is 12.9 Å². The van der Waals surface area contributed by atoms with E-state index in [0.717, 1.165) is 17.7 Å². The van der Waals surface area contributed by atoms with Gasteiger partial charge < -0.3 is 15.4 Å². The van der Waals surface area contributed by atoms with Crippen molar-refractivity contribution in [1.29, 1.82) is 0 Å². The predicted molar refractivity (Wildman–Crippen MR) is 80.4 cm³/mol. The molecule has 0 fully saturated rings. The highest BCUT2D eigenvalue weighted by molar-refractivity contribution is 6.30. The fraction of sp³-hybridized carbons (Fsp3) is 0.133. The topological polar surface area (TPSA) is 50.4 Å². The summed E-state index contributed by atoms with van der Waals surface area (Å²) in [7, 11) is 0. The molecule has 0 bridgehead atoms. The second-order valence-electron chi connectivity index (χ2n) is 4.51. The molecule has 0 atom stereocenters. The first-order valence-corrected chi connectivity index (χ1v) is 6.85. The summed E-state index contributed by atoms with van der Waals surface area (Å²) in [6.07, 6.45) is -4.75. The van der Waals surface area contributed by atoms with Crippen molar-refractivity contribution in [3.8, 4) is 5.75 Å². The number of carbonyl (C=O) groups excluding carboxylic acids is 1. The van der Waals surface area contributed by atoms with Crippen molar-refractivity contribution in [2.75, 3.05) is 5.32 Å². The van der Waals surface area contributed by atoms with Crippen LogP contribution in [0.1, 0.15) is 5.56 Å². The van der Waals surface area contributed by atoms with E-state index in [4.69, 9.17) is 11.6 Å². The molecule has 2 aromatic carbocycles. The van der Waals surface area contributed by atoms with Crippen LogP contribution in [0.25, 0.3) is 0 Å². The lowest BCUT2D eigenvalue weighted by Crippen LogP contribution is -2.28. The van der Waals surface area contributed by atoms with E-state index in [-0.39, 0.29) is 12.3 Å². The maximum atomic E-state index is 12.0. The molecule has 2 N–H and O–H groups in total. The Labute approximate surface area is 135 Å². The fourth-order valence-corrected chi connectivity index (χ4v) is 1.96. The first kappa shape index (κ1) is 17.0. The molecule has 0 saturated carbocycles. The van der Waals surface area contributed by atoms with E-state index in [9.17, 15) is 18.0 Å². The molecule has 0 spiro atoms. The number of urea groups is 1. The van der Waals surface area contributed by atoms with E-state index < -0.39 is 12.4 Å². The molecule has 2 amide bonds. The van der Waals surface area contributed by atoms with Crippen LogP contribution < -0.4 is 15.4 Å². The summed E-state index contributed by atoms with van der Waals surface area (Å²) in [5.74, 6) is -0.359. The Morgan fingerprint density at radius 1 is 1.13 bits per heavy atom. The predicted octanol–water partition coefficient (Wildman–Crippen LogP) is 4.56. The number of nitrogens with one attached hydrogen (secondary N) is 2. The molecule has 2 rings (SSSR count). The Morgan fingerprint density at radius 2 is 1.83 bits per heavy atom. The number of benzene rings is 2. The molecule has 0 aromatic heterocycles. The van der Waals surface area contributed by atoms with E-state index in [1.165, 1.54) is 12.1 Å². The second-order valence-corrected chi connectivity index (χ2v) is 4.95. The van der Waals surface area contributed by atoms with Crippen LogP contribution in [0.15, 0.2) is 48.5 Å². The van der Waals surface area contributed by atoms with Gasteiger partial charge in [0.1, 0.15) is 5.75 Å². The minimum Gasteiger partial charge on any atom is -0.406 e. The van der Waals surface area contributed by atoms with Crippen LogP contribution in [0.5, 0.6) is 5.75 Å². The van der Waals surface area contributed by atoms with Gasteiger partial charge in [-0.05, 0) is 42.0 Å². The van der Waals surface area contributed by atoms with Crippen LogP contribution in [0.3, 0.4) is 0 Å². The van der Waals surface area contributed by atoms with Gasteiger partial charge in [-0.1, -0.05) is 23.7 Å². The quantitative estimate of drug-likeness (QED) is 0.854. The summed E-state index contributed by atoms with van der Waals surface area (Å²) in [5, 5.41) is 5.66. The van der Waals surface area contributed by atoms with Crippen molar-refractivity contribution in [3.05, 3.63) is 59.1 Å². The Morgan fingerprint density at radius 3 is 2.43 bits per heavy atom. The standard InChI is InChI=1S/C15H12ClF3N2O2/c16-11-3-1-2-10(8-11)9-20-14(22)21-12-4-6-13(7-5-12)23-15(17,18)19/h1-8H,9H2,(H2,20,21,22). The Kier molecular flexibility index (Phi) is 5.33. The number of ether oxygens (including phenoxy) is 1. The van der Waals surface area contributed by atoms with Crippen LogP contribution in [-0.4, -0.2) is 12.4 Å². The van der Waals surface area contributed by atoms with Crippen molar-refractivity contribution in [1.82, 2.24) is 5.32 Å². The van der Waals surface area contributed by atoms with E-state index in [1.54, 1.807) is 24.3 Å². The number of amides is 2. The minimum atomic E-state index is -4.75. The minimum absolute atomic E-state index is 0.266. The molecule has 122 valence electrons. The number of halogens is 4. The van der Waals surface area contributed by atoms with Crippen LogP contribution in [0, 0.1) is 0 Å². The maximum absolute atomic E-state index is 12.0. The normalized spacial score (nSPS) is 11.0. The molecular formula is C15H12ClF3N2O2. The van der Waals surface area contributed by atoms with Gasteiger partial charge >= 0.3 is 12.4 Å². The summed E-state index contributed by atoms with van der Waals surface area (Å²) >= 11 is 5.83. The third-order valence-electron chi connectivity index (χ3n) is 2.69. The monoisotopic (exact) mass is 344 g/mol. The highest BCUT2D eigenvalue weighted by Crippen LogP contribution is 2.23. The van der Waals surface area contributed by atoms with Crippen molar-refractivity contribution >= 4 is 23.3 Å². The first-order valence-electron chi connectivity index (χ1n) is 6.47. The van der Waals surface area contributed by atoms with Gasteiger partial charge in [-0.3, -0.25) is 0 Å². The van der Waals surface area contributed by atoms with Gasteiger partial charge in [0.2, 0.25) is 0 Å². The summed E-state index contributed by atoms with van der Waals surface area (Å²) in [6, 6.07) is 11.3. The first-order chi connectivity index (χ1) is 10.8. The Hall–Kier alpha value is -2.41. The Balaban J connectivity index is 1.85. The van der Waals surface area contributed by atoms with E-state index in [0.29, 0.717) is 10.7 Å². The number of rotatable bonds is 4. The summed E-state index contributed by atoms with van der Waals surface area (Å²) in [4.78, 5) is 11.7. The maximum Gasteiger partial charge on any atom is 0.573 e. The zero-order chi connectivity index (χ0) is 16.9. The summed E-state index contributed by atoms with van der Waals surface area (Å²) in [5.41, 5.74) is 1.16. The third-order valence-corrected chi connectivity index (χ3v) is 2.92. The second kappa shape index (κ2) is 7.23. The zero-order valence-corrected chi connectivity index (χ0v) is 12.4. The third kappa shape index (κ3) is 6.07. The lowest BCUT2D eigenvalue weighted by atomic mass is 10.2. The van der Waals surface area contributed by atoms with Crippen LogP contribution >= 0.6 is 11.6 Å². The van der Waals surface area contributed by atoms with Crippen molar-refractivity contribution in [2.24, 2.45) is 0 Å². The number of hydrogen-bond donors (Lipinski definition) is 2. The van der Waals surface area contributed by atoms with Gasteiger partial charge in [-0.15, -0.1) is 13.2 Å². The van der Waals surface area contributed by atoms with Gasteiger partial charge in [0.25, 0.3) is 0 Å². The average Bonchev–Trinajstić information content (AvgIpc) is 2.46. The molecule has 0 aliphatic heterocycles. The number of anilines is 1. The highest BCUT2D eigenvalue weighted by Gasteiger charge is 2.30. The van der Waals surface area contributed by atoms with Gasteiger partial charge in [0.15, 0.2) is 0 Å². The summed E-state index contributed by atoms with van der Waals surface area (Å²) < 4.78 is 39.8. The van der Waals surface area contributed by atoms with Crippen LogP contribution in [0.4, 0.5) is 23.7 Å². The molecule has 0 heterocycles. The molecule has 0 saturated heterocycles. The summed E-state index contributed by atoms with van der Waals surface area (Å²) in [6.45, 7) is 0.266. The molecule has 0 aliphatic carbocycles. The smallest absolute Gasteiger partial charge is 0.406 e. The lowest BCUT2D eigenvalue weighted by Gasteiger charge is -2.10. The number of hydrogen-bond acceptors (Lipinski definition) is 2. The van der Waals surface area contributed by atoms with E-state index in [2.05, 4.69) is 15.4 Å². The van der Waals surface area contributed by atoms with Crippen molar-refractivity contribution in [3.63, 3.8) is 0 Å². The molecule has 2 aromatic rings. The van der Waals surface area contributed by atoms with Gasteiger partial charge in [-0.25, -0.2) is 4.79 Å². The largest absolute Gasteiger partial charge is 0.573 e. The van der Waals surface area contributed by atoms with Crippen LogP contribution in [-0.2, 0) is 6.54 Å². The molecule has 23 heavy (non-hydrogen) atoms. The van der Waals surface area contributed by atoms with Gasteiger partial charge in [0.05, 0.1) is 0 Å². The van der Waals surface area contributed by atoms with E-state index in [1.807, 2.05) is 0 Å². The fourth-order valence-electron chi connectivity index (χ4n) is 1.74. The van der Waals surface area contributed by atoms with Gasteiger partial charge in [0, 0.05) is 17.3 Å². The van der Waals surface area contributed by atoms with Crippen molar-refractivity contribution < 1.29 is 22.7 Å². The van der Waals surface area contributed by atoms with Gasteiger partial charge in [-0.2, -0.15) is 0 Å². The molecule has 0 unspecified atom stereocenters. The molecular weight excluding hydrogens is 333 g/mol. The van der Waals surface area contributed by atoms with Crippen LogP contribution in [0.2, 0.25) is 5.02 Å². The molecule has 0 radical (unpaired) electrons. The number of carbonyl (C=O) groups is 1. The lowest BCUT2D eigenvalue weighted by molar-refractivity contribution is -0.274. The molecule has 0 aliphatic rings. The molecule has 8 heteroatoms. The molecule has 4 nitrogen and oxygen atoms in total.